The molecular formula is C17H27NOS. The van der Waals surface area contributed by atoms with Crippen molar-refractivity contribution in [3.63, 3.8) is 0 Å². The molecule has 0 aromatic heterocycles. The van der Waals surface area contributed by atoms with Crippen LogP contribution in [-0.4, -0.2) is 30.7 Å². The van der Waals surface area contributed by atoms with Gasteiger partial charge in [0.2, 0.25) is 0 Å². The van der Waals surface area contributed by atoms with Gasteiger partial charge in [0.1, 0.15) is 5.75 Å². The van der Waals surface area contributed by atoms with Crippen LogP contribution in [0.3, 0.4) is 0 Å². The third kappa shape index (κ3) is 4.71. The molecule has 1 N–H and O–H groups in total. The lowest BCUT2D eigenvalue weighted by molar-refractivity contribution is 0.357. The Morgan fingerprint density at radius 3 is 3.05 bits per heavy atom. The van der Waals surface area contributed by atoms with E-state index in [4.69, 9.17) is 4.74 Å². The first-order valence-corrected chi connectivity index (χ1v) is 9.04. The molecule has 1 atom stereocenters. The Hall–Kier alpha value is -0.670. The van der Waals surface area contributed by atoms with Gasteiger partial charge in [0.05, 0.1) is 6.61 Å². The van der Waals surface area contributed by atoms with E-state index in [1.807, 2.05) is 11.8 Å². The van der Waals surface area contributed by atoms with Gasteiger partial charge in [0.15, 0.2) is 0 Å². The standard InChI is InChI=1S/C17H27NOS/c1-3-10-18-16(13-20-4-2)7-5-14-6-8-17-15(12-14)9-11-19-17/h6,8,12,16,18H,3-5,7,9-11,13H2,1-2H3. The molecule has 1 aliphatic heterocycles. The van der Waals surface area contributed by atoms with Crippen LogP contribution in [0.1, 0.15) is 37.8 Å². The van der Waals surface area contributed by atoms with Crippen molar-refractivity contribution < 1.29 is 4.74 Å². The average molecular weight is 293 g/mol. The number of aryl methyl sites for hydroxylation is 1. The predicted octanol–water partition coefficient (Wildman–Crippen LogP) is 3.68. The summed E-state index contributed by atoms with van der Waals surface area (Å²) in [5, 5.41) is 3.68. The number of nitrogens with one attached hydrogen (secondary N) is 1. The van der Waals surface area contributed by atoms with Gasteiger partial charge in [-0.3, -0.25) is 0 Å². The van der Waals surface area contributed by atoms with Gasteiger partial charge in [-0.1, -0.05) is 26.0 Å². The minimum absolute atomic E-state index is 0.643. The molecule has 0 amide bonds. The maximum Gasteiger partial charge on any atom is 0.122 e. The second-order valence-electron chi connectivity index (χ2n) is 5.39. The average Bonchev–Trinajstić information content (AvgIpc) is 2.94. The molecule has 112 valence electrons. The highest BCUT2D eigenvalue weighted by atomic mass is 32.2. The Morgan fingerprint density at radius 2 is 2.25 bits per heavy atom. The molecule has 1 aromatic rings. The van der Waals surface area contributed by atoms with Gasteiger partial charge in [-0.05, 0) is 48.8 Å². The minimum Gasteiger partial charge on any atom is -0.493 e. The van der Waals surface area contributed by atoms with E-state index in [1.165, 1.54) is 41.9 Å². The van der Waals surface area contributed by atoms with Crippen LogP contribution in [0.15, 0.2) is 18.2 Å². The molecule has 0 spiro atoms. The largest absolute Gasteiger partial charge is 0.493 e. The van der Waals surface area contributed by atoms with E-state index >= 15 is 0 Å². The number of rotatable bonds is 9. The van der Waals surface area contributed by atoms with E-state index in [0.29, 0.717) is 6.04 Å². The highest BCUT2D eigenvalue weighted by Crippen LogP contribution is 2.26. The quantitative estimate of drug-likeness (QED) is 0.750. The Morgan fingerprint density at radius 1 is 1.35 bits per heavy atom. The molecule has 2 rings (SSSR count). The van der Waals surface area contributed by atoms with E-state index in [0.717, 1.165) is 25.3 Å². The lowest BCUT2D eigenvalue weighted by atomic mass is 10.0. The molecule has 0 saturated heterocycles. The minimum atomic E-state index is 0.643. The SMILES string of the molecule is CCCNC(CCc1ccc2c(c1)CCO2)CSCC. The summed E-state index contributed by atoms with van der Waals surface area (Å²) in [4.78, 5) is 0. The fourth-order valence-corrected chi connectivity index (χ4v) is 3.39. The van der Waals surface area contributed by atoms with E-state index in [2.05, 4.69) is 37.4 Å². The van der Waals surface area contributed by atoms with Crippen molar-refractivity contribution in [1.29, 1.82) is 0 Å². The van der Waals surface area contributed by atoms with Crippen LogP contribution in [0.2, 0.25) is 0 Å². The van der Waals surface area contributed by atoms with Gasteiger partial charge in [-0.15, -0.1) is 0 Å². The summed E-state index contributed by atoms with van der Waals surface area (Å²) in [7, 11) is 0. The number of fused-ring (bicyclic) bond motifs is 1. The Kier molecular flexibility index (Phi) is 6.74. The molecule has 0 radical (unpaired) electrons. The normalized spacial score (nSPS) is 14.9. The molecular weight excluding hydrogens is 266 g/mol. The second-order valence-corrected chi connectivity index (χ2v) is 6.71. The molecule has 1 aliphatic rings. The summed E-state index contributed by atoms with van der Waals surface area (Å²) in [5.41, 5.74) is 2.85. The summed E-state index contributed by atoms with van der Waals surface area (Å²) in [6.45, 7) is 6.46. The Labute approximate surface area is 127 Å². The second kappa shape index (κ2) is 8.58. The van der Waals surface area contributed by atoms with E-state index < -0.39 is 0 Å². The molecule has 1 aromatic carbocycles. The fourth-order valence-electron chi connectivity index (χ4n) is 2.59. The maximum atomic E-state index is 5.57. The predicted molar refractivity (Wildman–Crippen MR) is 89.0 cm³/mol. The van der Waals surface area contributed by atoms with Gasteiger partial charge in [-0.2, -0.15) is 11.8 Å². The summed E-state index contributed by atoms with van der Waals surface area (Å²) in [6, 6.07) is 7.36. The van der Waals surface area contributed by atoms with Crippen LogP contribution >= 0.6 is 11.8 Å². The van der Waals surface area contributed by atoms with Crippen LogP contribution in [-0.2, 0) is 12.8 Å². The highest BCUT2D eigenvalue weighted by molar-refractivity contribution is 7.99. The third-order valence-electron chi connectivity index (χ3n) is 3.74. The third-order valence-corrected chi connectivity index (χ3v) is 4.79. The van der Waals surface area contributed by atoms with Gasteiger partial charge < -0.3 is 10.1 Å². The van der Waals surface area contributed by atoms with Gasteiger partial charge in [-0.25, -0.2) is 0 Å². The lowest BCUT2D eigenvalue weighted by Crippen LogP contribution is -2.32. The molecule has 2 nitrogen and oxygen atoms in total. The van der Waals surface area contributed by atoms with Crippen molar-refractivity contribution in [1.82, 2.24) is 5.32 Å². The molecule has 3 heteroatoms. The zero-order valence-electron chi connectivity index (χ0n) is 12.8. The summed E-state index contributed by atoms with van der Waals surface area (Å²) in [5.74, 6) is 3.53. The maximum absolute atomic E-state index is 5.57. The monoisotopic (exact) mass is 293 g/mol. The van der Waals surface area contributed by atoms with Gasteiger partial charge in [0, 0.05) is 18.2 Å². The lowest BCUT2D eigenvalue weighted by Gasteiger charge is -2.18. The van der Waals surface area contributed by atoms with Crippen LogP contribution in [0, 0.1) is 0 Å². The van der Waals surface area contributed by atoms with Gasteiger partial charge in [0.25, 0.3) is 0 Å². The highest BCUT2D eigenvalue weighted by Gasteiger charge is 2.13. The van der Waals surface area contributed by atoms with Gasteiger partial charge >= 0.3 is 0 Å². The van der Waals surface area contributed by atoms with E-state index in [9.17, 15) is 0 Å². The van der Waals surface area contributed by atoms with Crippen molar-refractivity contribution in [3.05, 3.63) is 29.3 Å². The summed E-state index contributed by atoms with van der Waals surface area (Å²) in [6.07, 6.45) is 4.68. The van der Waals surface area contributed by atoms with Crippen molar-refractivity contribution in [3.8, 4) is 5.75 Å². The van der Waals surface area contributed by atoms with E-state index in [-0.39, 0.29) is 0 Å². The summed E-state index contributed by atoms with van der Waals surface area (Å²) < 4.78 is 5.57. The Bertz CT molecular complexity index is 400. The zero-order chi connectivity index (χ0) is 14.2. The van der Waals surface area contributed by atoms with Crippen molar-refractivity contribution >= 4 is 11.8 Å². The first-order valence-electron chi connectivity index (χ1n) is 7.89. The van der Waals surface area contributed by atoms with Crippen molar-refractivity contribution in [2.75, 3.05) is 24.7 Å². The van der Waals surface area contributed by atoms with Crippen LogP contribution in [0.25, 0.3) is 0 Å². The van der Waals surface area contributed by atoms with Crippen molar-refractivity contribution in [2.45, 2.75) is 45.6 Å². The van der Waals surface area contributed by atoms with Crippen LogP contribution in [0.4, 0.5) is 0 Å². The first kappa shape index (κ1) is 15.7. The Balaban J connectivity index is 1.84. The van der Waals surface area contributed by atoms with Crippen molar-refractivity contribution in [2.24, 2.45) is 0 Å². The number of hydrogen-bond donors (Lipinski definition) is 1. The van der Waals surface area contributed by atoms with Crippen LogP contribution < -0.4 is 10.1 Å². The summed E-state index contributed by atoms with van der Waals surface area (Å²) >= 11 is 2.04. The molecule has 1 heterocycles. The number of benzene rings is 1. The number of thioether (sulfide) groups is 1. The molecule has 0 bridgehead atoms. The molecule has 0 fully saturated rings. The molecule has 0 saturated carbocycles. The smallest absolute Gasteiger partial charge is 0.122 e. The number of hydrogen-bond acceptors (Lipinski definition) is 3. The molecule has 20 heavy (non-hydrogen) atoms. The zero-order valence-corrected chi connectivity index (χ0v) is 13.6. The fraction of sp³-hybridized carbons (Fsp3) is 0.647. The van der Waals surface area contributed by atoms with Crippen LogP contribution in [0.5, 0.6) is 5.75 Å². The topological polar surface area (TPSA) is 21.3 Å². The molecule has 1 unspecified atom stereocenters. The number of ether oxygens (including phenoxy) is 1. The van der Waals surface area contributed by atoms with E-state index in [1.54, 1.807) is 0 Å². The molecule has 0 aliphatic carbocycles. The first-order chi connectivity index (χ1) is 9.83.